The molecule has 0 aromatic heterocycles. The van der Waals surface area contributed by atoms with Crippen LogP contribution in [0.1, 0.15) is 29.9 Å². The van der Waals surface area contributed by atoms with Gasteiger partial charge in [0.1, 0.15) is 0 Å². The predicted molar refractivity (Wildman–Crippen MR) is 172 cm³/mol. The first-order valence-corrected chi connectivity index (χ1v) is 15.8. The number of ether oxygens (including phenoxy) is 3. The molecular formula is C36H31ClN2O9. The monoisotopic (exact) mass is 670 g/mol. The largest absolute Gasteiger partial charge is 0.502 e. The zero-order chi connectivity index (χ0) is 34.1. The molecule has 11 nitrogen and oxygen atoms in total. The van der Waals surface area contributed by atoms with Crippen LogP contribution in [0.5, 0.6) is 17.2 Å². The molecule has 6 atom stereocenters. The molecule has 4 aliphatic rings. The lowest BCUT2D eigenvalue weighted by atomic mass is 9.49. The van der Waals surface area contributed by atoms with Gasteiger partial charge in [-0.2, -0.15) is 4.90 Å². The highest BCUT2D eigenvalue weighted by Crippen LogP contribution is 2.65. The molecule has 1 saturated carbocycles. The summed E-state index contributed by atoms with van der Waals surface area (Å²) >= 11 is 6.35. The number of carbonyl (C=O) groups excluding carboxylic acids is 5. The molecule has 48 heavy (non-hydrogen) atoms. The van der Waals surface area contributed by atoms with Crippen LogP contribution in [-0.2, 0) is 29.3 Å². The molecular weight excluding hydrogens is 640 g/mol. The van der Waals surface area contributed by atoms with E-state index >= 15 is 4.79 Å². The number of halogens is 1. The molecule has 3 aromatic carbocycles. The van der Waals surface area contributed by atoms with Gasteiger partial charge in [0, 0.05) is 10.9 Å². The lowest BCUT2D eigenvalue weighted by Gasteiger charge is -2.50. The fourth-order valence-electron chi connectivity index (χ4n) is 8.47. The van der Waals surface area contributed by atoms with E-state index < -0.39 is 64.7 Å². The van der Waals surface area contributed by atoms with Crippen LogP contribution in [0.3, 0.4) is 0 Å². The Labute approximate surface area is 280 Å². The predicted octanol–water partition coefficient (Wildman–Crippen LogP) is 4.99. The van der Waals surface area contributed by atoms with Gasteiger partial charge in [0.2, 0.25) is 29.4 Å². The maximum absolute atomic E-state index is 15.3. The highest BCUT2D eigenvalue weighted by Gasteiger charge is 2.70. The molecule has 6 unspecified atom stereocenters. The lowest BCUT2D eigenvalue weighted by Crippen LogP contribution is -2.53. The van der Waals surface area contributed by atoms with Crippen molar-refractivity contribution in [1.82, 2.24) is 4.90 Å². The number of allylic oxidation sites excluding steroid dienone is 2. The standard InChI is InChI=1S/C36H31ClN2O9/c1-46-26-14-18(15-27(47-2)30(26)40)29-22-12-13-23-28(33(43)39(31(23)41)35(45)48-3)24(22)17-25-32(42)38(21-11-7-10-20(37)16-21)34(44)36(25,29)19-8-5-4-6-9-19/h4-12,14-16,23-25,28-29,40H,13,17H2,1-3H3. The summed E-state index contributed by atoms with van der Waals surface area (Å²) in [4.78, 5) is 71.7. The Morgan fingerprint density at radius 3 is 2.19 bits per heavy atom. The van der Waals surface area contributed by atoms with Gasteiger partial charge in [0.25, 0.3) is 0 Å². The Hall–Kier alpha value is -5.16. The molecule has 246 valence electrons. The van der Waals surface area contributed by atoms with Gasteiger partial charge in [-0.15, -0.1) is 0 Å². The first-order valence-electron chi connectivity index (χ1n) is 15.4. The zero-order valence-electron chi connectivity index (χ0n) is 26.2. The number of carbonyl (C=O) groups is 5. The third kappa shape index (κ3) is 4.23. The van der Waals surface area contributed by atoms with E-state index in [4.69, 9.17) is 25.8 Å². The van der Waals surface area contributed by atoms with Gasteiger partial charge in [-0.1, -0.05) is 59.6 Å². The van der Waals surface area contributed by atoms with E-state index in [0.29, 0.717) is 32.3 Å². The van der Waals surface area contributed by atoms with E-state index in [1.807, 2.05) is 12.1 Å². The molecule has 0 bridgehead atoms. The quantitative estimate of drug-likeness (QED) is 0.294. The van der Waals surface area contributed by atoms with E-state index in [2.05, 4.69) is 0 Å². The molecule has 5 amide bonds. The topological polar surface area (TPSA) is 140 Å². The number of amides is 5. The van der Waals surface area contributed by atoms with Crippen LogP contribution in [0, 0.1) is 23.7 Å². The number of hydrogen-bond acceptors (Lipinski definition) is 9. The van der Waals surface area contributed by atoms with Crippen molar-refractivity contribution in [2.45, 2.75) is 24.2 Å². The number of rotatable bonds is 5. The Morgan fingerprint density at radius 1 is 0.875 bits per heavy atom. The smallest absolute Gasteiger partial charge is 0.423 e. The Bertz CT molecular complexity index is 1900. The van der Waals surface area contributed by atoms with Gasteiger partial charge in [-0.3, -0.25) is 19.2 Å². The average Bonchev–Trinajstić information content (AvgIpc) is 3.49. The van der Waals surface area contributed by atoms with Crippen LogP contribution in [0.2, 0.25) is 5.02 Å². The first kappa shape index (κ1) is 31.4. The number of likely N-dealkylation sites (tertiary alicyclic amines) is 1. The van der Waals surface area contributed by atoms with Crippen LogP contribution < -0.4 is 14.4 Å². The van der Waals surface area contributed by atoms with Gasteiger partial charge in [0.05, 0.1) is 50.2 Å². The van der Waals surface area contributed by atoms with Crippen molar-refractivity contribution in [3.8, 4) is 17.2 Å². The lowest BCUT2D eigenvalue weighted by molar-refractivity contribution is -0.138. The van der Waals surface area contributed by atoms with Crippen molar-refractivity contribution in [3.05, 3.63) is 94.5 Å². The number of methoxy groups -OCH3 is 3. The number of aromatic hydroxyl groups is 1. The molecule has 2 aliphatic carbocycles. The minimum atomic E-state index is -1.55. The Kier molecular flexibility index (Phi) is 7.54. The third-order valence-electron chi connectivity index (χ3n) is 10.4. The van der Waals surface area contributed by atoms with E-state index in [9.17, 15) is 24.3 Å². The Morgan fingerprint density at radius 2 is 1.56 bits per heavy atom. The van der Waals surface area contributed by atoms with E-state index in [1.165, 1.54) is 14.2 Å². The summed E-state index contributed by atoms with van der Waals surface area (Å²) in [6.07, 6.45) is 0.946. The summed E-state index contributed by atoms with van der Waals surface area (Å²) < 4.78 is 15.8. The van der Waals surface area contributed by atoms with Gasteiger partial charge in [-0.05, 0) is 60.2 Å². The maximum atomic E-state index is 15.3. The number of fused-ring (bicyclic) bond motifs is 4. The van der Waals surface area contributed by atoms with Crippen molar-refractivity contribution in [3.63, 3.8) is 0 Å². The van der Waals surface area contributed by atoms with Crippen LogP contribution in [0.4, 0.5) is 10.5 Å². The van der Waals surface area contributed by atoms with E-state index in [-0.39, 0.29) is 30.1 Å². The van der Waals surface area contributed by atoms with Gasteiger partial charge in [-0.25, -0.2) is 9.69 Å². The molecule has 1 N–H and O–H groups in total. The minimum absolute atomic E-state index is 0.0421. The van der Waals surface area contributed by atoms with Crippen molar-refractivity contribution < 1.29 is 43.3 Å². The molecule has 2 saturated heterocycles. The van der Waals surface area contributed by atoms with Gasteiger partial charge < -0.3 is 19.3 Å². The molecule has 2 aliphatic heterocycles. The fraction of sp³-hybridized carbons (Fsp3) is 0.306. The first-order chi connectivity index (χ1) is 23.1. The van der Waals surface area contributed by atoms with Crippen molar-refractivity contribution in [1.29, 1.82) is 0 Å². The molecule has 3 fully saturated rings. The SMILES string of the molecule is COC(=O)N1C(=O)C2CC=C3C(CC4C(=O)N(c5cccc(Cl)c5)C(=O)C4(c4ccccc4)C3c3cc(OC)c(O)c(OC)c3)C2C1=O. The number of benzene rings is 3. The van der Waals surface area contributed by atoms with Crippen LogP contribution in [-0.4, -0.2) is 61.1 Å². The summed E-state index contributed by atoms with van der Waals surface area (Å²) in [5.74, 6) is -6.89. The second-order valence-corrected chi connectivity index (χ2v) is 12.8. The molecule has 0 spiro atoms. The van der Waals surface area contributed by atoms with Crippen LogP contribution >= 0.6 is 11.6 Å². The summed E-state index contributed by atoms with van der Waals surface area (Å²) in [6.45, 7) is 0. The van der Waals surface area contributed by atoms with Crippen molar-refractivity contribution in [2.24, 2.45) is 23.7 Å². The number of hydrogen-bond donors (Lipinski definition) is 1. The molecule has 3 aromatic rings. The number of anilines is 1. The highest BCUT2D eigenvalue weighted by molar-refractivity contribution is 6.32. The zero-order valence-corrected chi connectivity index (χ0v) is 27.0. The molecule has 2 heterocycles. The summed E-state index contributed by atoms with van der Waals surface area (Å²) in [5.41, 5.74) is 0.464. The fourth-order valence-corrected chi connectivity index (χ4v) is 8.65. The van der Waals surface area contributed by atoms with Crippen LogP contribution in [0.25, 0.3) is 0 Å². The third-order valence-corrected chi connectivity index (χ3v) is 10.6. The number of phenolic OH excluding ortho intramolecular Hbond substituents is 1. The maximum Gasteiger partial charge on any atom is 0.423 e. The van der Waals surface area contributed by atoms with Crippen LogP contribution in [0.15, 0.2) is 78.4 Å². The molecule has 0 radical (unpaired) electrons. The molecule has 12 heteroatoms. The number of nitrogens with zero attached hydrogens (tertiary/aromatic N) is 2. The van der Waals surface area contributed by atoms with Crippen molar-refractivity contribution in [2.75, 3.05) is 26.2 Å². The summed E-state index contributed by atoms with van der Waals surface area (Å²) in [7, 11) is 3.87. The highest BCUT2D eigenvalue weighted by atomic mass is 35.5. The van der Waals surface area contributed by atoms with Gasteiger partial charge >= 0.3 is 6.09 Å². The normalized spacial score (nSPS) is 27.7. The molecule has 7 rings (SSSR count). The van der Waals surface area contributed by atoms with Gasteiger partial charge in [0.15, 0.2) is 11.5 Å². The number of phenols is 1. The number of imide groups is 4. The minimum Gasteiger partial charge on any atom is -0.502 e. The second kappa shape index (κ2) is 11.5. The second-order valence-electron chi connectivity index (χ2n) is 12.3. The Balaban J connectivity index is 1.52. The van der Waals surface area contributed by atoms with E-state index in [0.717, 1.165) is 12.0 Å². The summed E-state index contributed by atoms with van der Waals surface area (Å²) in [5, 5.41) is 11.2. The van der Waals surface area contributed by atoms with E-state index in [1.54, 1.807) is 60.7 Å². The average molecular weight is 671 g/mol. The summed E-state index contributed by atoms with van der Waals surface area (Å²) in [6, 6.07) is 18.7. The van der Waals surface area contributed by atoms with Crippen molar-refractivity contribution >= 4 is 47.0 Å².